The van der Waals surface area contributed by atoms with Crippen molar-refractivity contribution in [2.24, 2.45) is 0 Å². The number of amides is 3. The Kier molecular flexibility index (Phi) is 7.91. The van der Waals surface area contributed by atoms with Gasteiger partial charge in [-0.2, -0.15) is 5.26 Å². The van der Waals surface area contributed by atoms with Gasteiger partial charge in [-0.3, -0.25) is 14.4 Å². The molecule has 2 saturated heterocycles. The summed E-state index contributed by atoms with van der Waals surface area (Å²) in [6.07, 6.45) is 1.90. The number of thioether (sulfide) groups is 1. The summed E-state index contributed by atoms with van der Waals surface area (Å²) in [5.41, 5.74) is 3.06. The predicted octanol–water partition coefficient (Wildman–Crippen LogP) is 5.39. The molecule has 0 bridgehead atoms. The molecule has 1 aromatic heterocycles. The third-order valence-electron chi connectivity index (χ3n) is 8.31. The van der Waals surface area contributed by atoms with Crippen LogP contribution in [0.15, 0.2) is 83.9 Å². The van der Waals surface area contributed by atoms with Crippen molar-refractivity contribution in [3.05, 3.63) is 101 Å². The molecule has 1 N–H and O–H groups in total. The Bertz CT molecular complexity index is 1730. The van der Waals surface area contributed by atoms with Gasteiger partial charge in [0.2, 0.25) is 17.7 Å². The van der Waals surface area contributed by atoms with Crippen molar-refractivity contribution in [2.45, 2.75) is 35.6 Å². The molecule has 3 amide bonds. The van der Waals surface area contributed by atoms with Gasteiger partial charge in [0.25, 0.3) is 0 Å². The lowest BCUT2D eigenvalue weighted by Gasteiger charge is -2.42. The number of fused-ring (bicyclic) bond motifs is 1. The van der Waals surface area contributed by atoms with Crippen LogP contribution in [0.2, 0.25) is 5.02 Å². The van der Waals surface area contributed by atoms with Crippen LogP contribution in [0.5, 0.6) is 0 Å². The maximum atomic E-state index is 14.9. The summed E-state index contributed by atoms with van der Waals surface area (Å²) in [4.78, 5) is 50.6. The van der Waals surface area contributed by atoms with Crippen LogP contribution in [0.3, 0.4) is 0 Å². The van der Waals surface area contributed by atoms with Crippen molar-refractivity contribution >= 4 is 52.0 Å². The monoisotopic (exact) mass is 611 g/mol. The molecular formula is C33H30ClN5O3S. The van der Waals surface area contributed by atoms with Crippen molar-refractivity contribution in [1.29, 1.82) is 5.26 Å². The molecule has 0 saturated carbocycles. The van der Waals surface area contributed by atoms with E-state index >= 15 is 0 Å². The number of carbonyl (C=O) groups excluding carboxylic acids is 3. The lowest BCUT2D eigenvalue weighted by molar-refractivity contribution is -0.140. The van der Waals surface area contributed by atoms with E-state index < -0.39 is 10.8 Å². The minimum atomic E-state index is -1.18. The van der Waals surface area contributed by atoms with E-state index in [2.05, 4.69) is 11.1 Å². The fourth-order valence-corrected chi connectivity index (χ4v) is 7.83. The Morgan fingerprint density at radius 1 is 1.02 bits per heavy atom. The van der Waals surface area contributed by atoms with Gasteiger partial charge in [-0.25, -0.2) is 0 Å². The molecule has 2 fully saturated rings. The Labute approximate surface area is 259 Å². The number of nitriles is 1. The van der Waals surface area contributed by atoms with E-state index in [-0.39, 0.29) is 30.7 Å². The van der Waals surface area contributed by atoms with Crippen LogP contribution in [0.4, 0.5) is 0 Å². The van der Waals surface area contributed by atoms with E-state index in [1.807, 2.05) is 71.8 Å². The smallest absolute Gasteiger partial charge is 0.242 e. The second-order valence-electron chi connectivity index (χ2n) is 10.9. The standard InChI is InChI=1S/C33H30ClN5O3S/c1-22(40)37-13-15-38(16-14-37)32(42)33(43-26-5-3-2-4-6-26)18-30(41)39(21-24-9-7-23(19-35)8-10-24)31(33)28-20-36-29-17-25(34)11-12-27(28)29/h2-12,17,20,31,36H,13-16,18,21H2,1H3/t31-,33?/m0/s1. The Morgan fingerprint density at radius 3 is 2.40 bits per heavy atom. The third kappa shape index (κ3) is 5.49. The zero-order valence-electron chi connectivity index (χ0n) is 23.6. The number of benzene rings is 3. The summed E-state index contributed by atoms with van der Waals surface area (Å²) in [5.74, 6) is -0.259. The van der Waals surface area contributed by atoms with Crippen LogP contribution < -0.4 is 0 Å². The molecule has 3 heterocycles. The van der Waals surface area contributed by atoms with Crippen LogP contribution in [0.25, 0.3) is 10.9 Å². The number of nitrogens with zero attached hydrogens (tertiary/aromatic N) is 4. The first-order valence-corrected chi connectivity index (χ1v) is 15.3. The second-order valence-corrected chi connectivity index (χ2v) is 12.8. The van der Waals surface area contributed by atoms with Crippen molar-refractivity contribution in [3.8, 4) is 6.07 Å². The first kappa shape index (κ1) is 28.8. The molecule has 4 aromatic rings. The van der Waals surface area contributed by atoms with Gasteiger partial charge in [0.1, 0.15) is 4.75 Å². The Hall–Kier alpha value is -4.26. The molecule has 2 aliphatic rings. The highest BCUT2D eigenvalue weighted by Crippen LogP contribution is 2.55. The van der Waals surface area contributed by atoms with Crippen LogP contribution >= 0.6 is 23.4 Å². The fraction of sp³-hybridized carbons (Fsp3) is 0.273. The van der Waals surface area contributed by atoms with Crippen LogP contribution in [-0.4, -0.2) is 68.3 Å². The molecule has 10 heteroatoms. The number of nitrogens with one attached hydrogen (secondary N) is 1. The second kappa shape index (κ2) is 11.8. The molecular weight excluding hydrogens is 582 g/mol. The van der Waals surface area contributed by atoms with Gasteiger partial charge in [0.05, 0.1) is 24.1 Å². The van der Waals surface area contributed by atoms with Crippen molar-refractivity contribution in [3.63, 3.8) is 0 Å². The van der Waals surface area contributed by atoms with E-state index in [1.165, 1.54) is 11.8 Å². The van der Waals surface area contributed by atoms with Crippen molar-refractivity contribution in [2.75, 3.05) is 26.2 Å². The highest BCUT2D eigenvalue weighted by Gasteiger charge is 2.59. The zero-order chi connectivity index (χ0) is 30.1. The summed E-state index contributed by atoms with van der Waals surface area (Å²) in [6.45, 7) is 3.52. The van der Waals surface area contributed by atoms with Gasteiger partial charge in [-0.1, -0.05) is 48.0 Å². The molecule has 0 spiro atoms. The molecule has 2 atom stereocenters. The van der Waals surface area contributed by atoms with Crippen LogP contribution in [0.1, 0.15) is 36.1 Å². The van der Waals surface area contributed by atoms with Gasteiger partial charge in [0, 0.05) is 72.2 Å². The Morgan fingerprint density at radius 2 is 1.72 bits per heavy atom. The van der Waals surface area contributed by atoms with E-state index in [1.54, 1.807) is 28.9 Å². The number of piperazine rings is 1. The number of aromatic amines is 1. The van der Waals surface area contributed by atoms with E-state index in [9.17, 15) is 19.6 Å². The molecule has 8 nitrogen and oxygen atoms in total. The predicted molar refractivity (Wildman–Crippen MR) is 166 cm³/mol. The minimum absolute atomic E-state index is 0.0134. The largest absolute Gasteiger partial charge is 0.361 e. The summed E-state index contributed by atoms with van der Waals surface area (Å²) in [7, 11) is 0. The summed E-state index contributed by atoms with van der Waals surface area (Å²) in [5, 5.41) is 10.8. The van der Waals surface area contributed by atoms with Gasteiger partial charge in [0.15, 0.2) is 0 Å². The number of carbonyl (C=O) groups is 3. The molecule has 2 aliphatic heterocycles. The summed E-state index contributed by atoms with van der Waals surface area (Å²) < 4.78 is -1.18. The van der Waals surface area contributed by atoms with Gasteiger partial charge in [-0.05, 0) is 42.0 Å². The normalized spacial score (nSPS) is 20.4. The number of H-pyrrole nitrogens is 1. The van der Waals surface area contributed by atoms with E-state index in [0.717, 1.165) is 26.9 Å². The van der Waals surface area contributed by atoms with Gasteiger partial charge in [-0.15, -0.1) is 11.8 Å². The molecule has 0 aliphatic carbocycles. The quantitative estimate of drug-likeness (QED) is 0.315. The Balaban J connectivity index is 1.49. The molecule has 6 rings (SSSR count). The first-order chi connectivity index (χ1) is 20.8. The third-order valence-corrected chi connectivity index (χ3v) is 9.96. The number of aromatic nitrogens is 1. The highest BCUT2D eigenvalue weighted by molar-refractivity contribution is 8.01. The number of rotatable bonds is 6. The molecule has 0 radical (unpaired) electrons. The average Bonchev–Trinajstić information content (AvgIpc) is 3.55. The molecule has 3 aromatic carbocycles. The van der Waals surface area contributed by atoms with E-state index in [0.29, 0.717) is 36.8 Å². The zero-order valence-corrected chi connectivity index (χ0v) is 25.2. The summed E-state index contributed by atoms with van der Waals surface area (Å²) >= 11 is 7.75. The maximum Gasteiger partial charge on any atom is 0.242 e. The lowest BCUT2D eigenvalue weighted by atomic mass is 9.90. The minimum Gasteiger partial charge on any atom is -0.361 e. The van der Waals surface area contributed by atoms with Crippen molar-refractivity contribution < 1.29 is 14.4 Å². The number of hydrogen-bond acceptors (Lipinski definition) is 5. The fourth-order valence-electron chi connectivity index (χ4n) is 6.16. The molecule has 43 heavy (non-hydrogen) atoms. The first-order valence-electron chi connectivity index (χ1n) is 14.1. The summed E-state index contributed by atoms with van der Waals surface area (Å²) in [6, 6.07) is 24.0. The number of likely N-dealkylation sites (tertiary alicyclic amines) is 1. The number of hydrogen-bond donors (Lipinski definition) is 1. The average molecular weight is 612 g/mol. The maximum absolute atomic E-state index is 14.9. The van der Waals surface area contributed by atoms with Crippen LogP contribution in [-0.2, 0) is 20.9 Å². The molecule has 1 unspecified atom stereocenters. The lowest BCUT2D eigenvalue weighted by Crippen LogP contribution is -2.56. The van der Waals surface area contributed by atoms with E-state index in [4.69, 9.17) is 11.6 Å². The SMILES string of the molecule is CC(=O)N1CCN(C(=O)C2(Sc3ccccc3)CC(=O)N(Cc3ccc(C#N)cc3)[C@H]2c2c[nH]c3cc(Cl)ccc23)CC1. The van der Waals surface area contributed by atoms with Gasteiger partial charge < -0.3 is 19.7 Å². The molecule has 218 valence electrons. The topological polar surface area (TPSA) is 101 Å². The van der Waals surface area contributed by atoms with Crippen LogP contribution in [0, 0.1) is 11.3 Å². The van der Waals surface area contributed by atoms with Gasteiger partial charge >= 0.3 is 0 Å². The highest BCUT2D eigenvalue weighted by atomic mass is 35.5. The van der Waals surface area contributed by atoms with Crippen molar-refractivity contribution in [1.82, 2.24) is 19.7 Å². The number of halogens is 1.